The maximum absolute atomic E-state index is 13.2. The first kappa shape index (κ1) is 15.1. The molecule has 22 heavy (non-hydrogen) atoms. The quantitative estimate of drug-likeness (QED) is 0.768. The highest BCUT2D eigenvalue weighted by atomic mass is 32.2. The molecule has 0 saturated carbocycles. The van der Waals surface area contributed by atoms with Gasteiger partial charge in [0.1, 0.15) is 0 Å². The fraction of sp³-hybridized carbons (Fsp3) is 0. The Morgan fingerprint density at radius 2 is 1.91 bits per heavy atom. The lowest BCUT2D eigenvalue weighted by atomic mass is 10.3. The van der Waals surface area contributed by atoms with Gasteiger partial charge in [0.15, 0.2) is 16.8 Å². The van der Waals surface area contributed by atoms with Crippen LogP contribution in [0.3, 0.4) is 0 Å². The smallest absolute Gasteiger partial charge is 0.255 e. The van der Waals surface area contributed by atoms with Gasteiger partial charge in [0.25, 0.3) is 10.0 Å². The molecule has 2 aromatic heterocycles. The molecule has 1 aromatic carbocycles. The minimum atomic E-state index is -4.01. The highest BCUT2D eigenvalue weighted by Crippen LogP contribution is 2.29. The van der Waals surface area contributed by atoms with Crippen molar-refractivity contribution in [2.75, 3.05) is 4.72 Å². The van der Waals surface area contributed by atoms with Crippen LogP contribution in [-0.4, -0.2) is 13.4 Å². The number of benzene rings is 1. The monoisotopic (exact) mass is 358 g/mol. The van der Waals surface area contributed by atoms with E-state index in [1.165, 1.54) is 11.3 Å². The molecular formula is C13H8F2N2O2S3. The number of thiazole rings is 1. The maximum atomic E-state index is 13.2. The van der Waals surface area contributed by atoms with Gasteiger partial charge in [-0.15, -0.1) is 22.7 Å². The van der Waals surface area contributed by atoms with Crippen molar-refractivity contribution in [3.05, 3.63) is 52.7 Å². The molecule has 0 aliphatic heterocycles. The fourth-order valence-electron chi connectivity index (χ4n) is 1.68. The Kier molecular flexibility index (Phi) is 3.94. The van der Waals surface area contributed by atoms with Gasteiger partial charge in [0.05, 0.1) is 15.5 Å². The molecule has 4 nitrogen and oxygen atoms in total. The van der Waals surface area contributed by atoms with E-state index in [-0.39, 0.29) is 10.0 Å². The summed E-state index contributed by atoms with van der Waals surface area (Å²) in [6.45, 7) is 0. The molecule has 0 amide bonds. The lowest BCUT2D eigenvalue weighted by molar-refractivity contribution is 0.504. The van der Waals surface area contributed by atoms with E-state index in [0.717, 1.165) is 28.3 Å². The van der Waals surface area contributed by atoms with Gasteiger partial charge in [0, 0.05) is 5.38 Å². The van der Waals surface area contributed by atoms with Gasteiger partial charge in [-0.1, -0.05) is 6.07 Å². The lowest BCUT2D eigenvalue weighted by Crippen LogP contribution is -2.13. The number of hydrogen-bond acceptors (Lipinski definition) is 5. The summed E-state index contributed by atoms with van der Waals surface area (Å²) in [5.41, 5.74) is 0.656. The summed E-state index contributed by atoms with van der Waals surface area (Å²) in [6.07, 6.45) is 0. The molecule has 0 saturated heterocycles. The lowest BCUT2D eigenvalue weighted by Gasteiger charge is -2.05. The topological polar surface area (TPSA) is 59.1 Å². The van der Waals surface area contributed by atoms with E-state index in [0.29, 0.717) is 11.8 Å². The van der Waals surface area contributed by atoms with Crippen molar-refractivity contribution in [3.63, 3.8) is 0 Å². The molecule has 9 heteroatoms. The van der Waals surface area contributed by atoms with E-state index >= 15 is 0 Å². The number of halogens is 2. The van der Waals surface area contributed by atoms with E-state index in [4.69, 9.17) is 0 Å². The average molecular weight is 358 g/mol. The number of nitrogens with one attached hydrogen (secondary N) is 1. The van der Waals surface area contributed by atoms with Crippen LogP contribution in [0.4, 0.5) is 13.9 Å². The third-order valence-electron chi connectivity index (χ3n) is 2.70. The number of aromatic nitrogens is 1. The second-order valence-electron chi connectivity index (χ2n) is 4.20. The zero-order chi connectivity index (χ0) is 15.7. The number of anilines is 1. The van der Waals surface area contributed by atoms with E-state index in [1.54, 1.807) is 5.38 Å². The third-order valence-corrected chi connectivity index (χ3v) is 5.82. The van der Waals surface area contributed by atoms with Crippen LogP contribution in [0.2, 0.25) is 0 Å². The Hall–Kier alpha value is -1.84. The Labute approximate surface area is 133 Å². The summed E-state index contributed by atoms with van der Waals surface area (Å²) < 4.78 is 52.6. The fourth-order valence-corrected chi connectivity index (χ4v) is 4.41. The van der Waals surface area contributed by atoms with Crippen molar-refractivity contribution in [3.8, 4) is 10.6 Å². The number of sulfonamides is 1. The zero-order valence-electron chi connectivity index (χ0n) is 10.8. The van der Waals surface area contributed by atoms with Gasteiger partial charge in [-0.2, -0.15) is 0 Å². The SMILES string of the molecule is O=S(=O)(Nc1nc(-c2cccs2)cs1)c1ccc(F)c(F)c1. The molecule has 0 fully saturated rings. The molecule has 0 radical (unpaired) electrons. The molecule has 0 unspecified atom stereocenters. The summed E-state index contributed by atoms with van der Waals surface area (Å²) >= 11 is 2.60. The van der Waals surface area contributed by atoms with Crippen LogP contribution in [0.15, 0.2) is 46.0 Å². The minimum Gasteiger partial charge on any atom is -0.255 e. The number of hydrogen-bond donors (Lipinski definition) is 1. The molecule has 0 spiro atoms. The number of thiophene rings is 1. The first-order chi connectivity index (χ1) is 10.5. The third kappa shape index (κ3) is 3.01. The van der Waals surface area contributed by atoms with Crippen LogP contribution < -0.4 is 4.72 Å². The van der Waals surface area contributed by atoms with Crippen LogP contribution in [0, 0.1) is 11.6 Å². The Morgan fingerprint density at radius 1 is 1.09 bits per heavy atom. The average Bonchev–Trinajstić information content (AvgIpc) is 3.11. The van der Waals surface area contributed by atoms with Crippen molar-refractivity contribution >= 4 is 37.8 Å². The van der Waals surface area contributed by atoms with E-state index in [9.17, 15) is 17.2 Å². The molecule has 0 aliphatic rings. The summed E-state index contributed by atoms with van der Waals surface area (Å²) in [5, 5.41) is 3.77. The molecule has 3 aromatic rings. The number of nitrogens with zero attached hydrogens (tertiary/aromatic N) is 1. The normalized spacial score (nSPS) is 11.5. The van der Waals surface area contributed by atoms with Crippen LogP contribution in [0.5, 0.6) is 0 Å². The van der Waals surface area contributed by atoms with Gasteiger partial charge in [-0.05, 0) is 29.6 Å². The predicted octanol–water partition coefficient (Wildman–Crippen LogP) is 3.95. The number of rotatable bonds is 4. The molecule has 3 rings (SSSR count). The highest BCUT2D eigenvalue weighted by Gasteiger charge is 2.18. The van der Waals surface area contributed by atoms with Crippen molar-refractivity contribution in [2.45, 2.75) is 4.90 Å². The van der Waals surface area contributed by atoms with Crippen molar-refractivity contribution in [1.29, 1.82) is 0 Å². The minimum absolute atomic E-state index is 0.160. The second kappa shape index (κ2) is 5.75. The maximum Gasteiger partial charge on any atom is 0.263 e. The standard InChI is InChI=1S/C13H8F2N2O2S3/c14-9-4-3-8(6-10(9)15)22(18,19)17-13-16-11(7-21-13)12-2-1-5-20-12/h1-7H,(H,16,17). The largest absolute Gasteiger partial charge is 0.263 e. The predicted molar refractivity (Wildman–Crippen MR) is 82.6 cm³/mol. The first-order valence-corrected chi connectivity index (χ1v) is 9.17. The van der Waals surface area contributed by atoms with Crippen LogP contribution in [-0.2, 0) is 10.0 Å². The molecule has 0 aliphatic carbocycles. The van der Waals surface area contributed by atoms with Gasteiger partial charge in [0.2, 0.25) is 0 Å². The molecule has 114 valence electrons. The molecule has 1 N–H and O–H groups in total. The van der Waals surface area contributed by atoms with Crippen molar-refractivity contribution in [2.24, 2.45) is 0 Å². The first-order valence-electron chi connectivity index (χ1n) is 5.93. The summed E-state index contributed by atoms with van der Waals surface area (Å²) in [5.74, 6) is -2.32. The Balaban J connectivity index is 1.87. The van der Waals surface area contributed by atoms with Crippen molar-refractivity contribution in [1.82, 2.24) is 4.98 Å². The van der Waals surface area contributed by atoms with Crippen LogP contribution >= 0.6 is 22.7 Å². The summed E-state index contributed by atoms with van der Waals surface area (Å²) in [6, 6.07) is 6.13. The van der Waals surface area contributed by atoms with Gasteiger partial charge < -0.3 is 0 Å². The van der Waals surface area contributed by atoms with Gasteiger partial charge in [-0.25, -0.2) is 22.2 Å². The van der Waals surface area contributed by atoms with Gasteiger partial charge >= 0.3 is 0 Å². The highest BCUT2D eigenvalue weighted by molar-refractivity contribution is 7.93. The summed E-state index contributed by atoms with van der Waals surface area (Å²) in [4.78, 5) is 4.72. The van der Waals surface area contributed by atoms with Crippen LogP contribution in [0.25, 0.3) is 10.6 Å². The Morgan fingerprint density at radius 3 is 2.59 bits per heavy atom. The van der Waals surface area contributed by atoms with E-state index < -0.39 is 21.7 Å². The van der Waals surface area contributed by atoms with Crippen molar-refractivity contribution < 1.29 is 17.2 Å². The Bertz CT molecular complexity index is 905. The van der Waals surface area contributed by atoms with E-state index in [2.05, 4.69) is 9.71 Å². The molecule has 0 bridgehead atoms. The second-order valence-corrected chi connectivity index (χ2v) is 7.68. The molecule has 2 heterocycles. The zero-order valence-corrected chi connectivity index (χ0v) is 13.2. The molecule has 0 atom stereocenters. The van der Waals surface area contributed by atoms with Gasteiger partial charge in [-0.3, -0.25) is 4.72 Å². The van der Waals surface area contributed by atoms with Crippen LogP contribution in [0.1, 0.15) is 0 Å². The summed E-state index contributed by atoms with van der Waals surface area (Å²) in [7, 11) is -4.01. The van der Waals surface area contributed by atoms with E-state index in [1.807, 2.05) is 17.5 Å². The molecular weight excluding hydrogens is 350 g/mol.